The quantitative estimate of drug-likeness (QED) is 0.796. The summed E-state index contributed by atoms with van der Waals surface area (Å²) in [5.41, 5.74) is 1.25. The van der Waals surface area contributed by atoms with Gasteiger partial charge >= 0.3 is 5.97 Å². The molecule has 1 N–H and O–H groups in total. The van der Waals surface area contributed by atoms with Gasteiger partial charge in [-0.2, -0.15) is 0 Å². The number of aliphatic carboxylic acids is 1. The monoisotopic (exact) mass is 222 g/mol. The minimum atomic E-state index is -0.638. The second-order valence-electron chi connectivity index (χ2n) is 3.99. The van der Waals surface area contributed by atoms with Gasteiger partial charge in [0.1, 0.15) is 0 Å². The summed E-state index contributed by atoms with van der Waals surface area (Å²) >= 11 is 1.72. The van der Waals surface area contributed by atoms with Crippen molar-refractivity contribution in [2.75, 3.05) is 6.26 Å². The van der Waals surface area contributed by atoms with Crippen LogP contribution in [0, 0.1) is 11.8 Å². The Labute approximate surface area is 93.7 Å². The second-order valence-corrected chi connectivity index (χ2v) is 4.87. The van der Waals surface area contributed by atoms with Crippen molar-refractivity contribution in [2.24, 2.45) is 11.8 Å². The molecule has 0 aliphatic heterocycles. The Hall–Kier alpha value is -0.960. The molecule has 1 aliphatic carbocycles. The van der Waals surface area contributed by atoms with Crippen LogP contribution in [0.5, 0.6) is 0 Å². The predicted molar refractivity (Wildman–Crippen MR) is 61.2 cm³/mol. The fourth-order valence-corrected chi connectivity index (χ4v) is 2.25. The maximum atomic E-state index is 10.7. The molecule has 0 spiro atoms. The zero-order valence-corrected chi connectivity index (χ0v) is 9.46. The van der Waals surface area contributed by atoms with E-state index in [1.807, 2.05) is 0 Å². The molecule has 1 aliphatic rings. The van der Waals surface area contributed by atoms with Crippen molar-refractivity contribution in [1.82, 2.24) is 0 Å². The molecule has 1 aromatic rings. The van der Waals surface area contributed by atoms with E-state index in [1.165, 1.54) is 10.5 Å². The number of benzene rings is 1. The number of thioether (sulfide) groups is 1. The van der Waals surface area contributed by atoms with Crippen LogP contribution in [0.3, 0.4) is 0 Å². The Balaban J connectivity index is 1.92. The lowest BCUT2D eigenvalue weighted by atomic mass is 10.1. The van der Waals surface area contributed by atoms with E-state index in [0.717, 1.165) is 12.8 Å². The molecule has 0 saturated heterocycles. The molecule has 0 aromatic heterocycles. The molecule has 2 atom stereocenters. The van der Waals surface area contributed by atoms with Gasteiger partial charge in [-0.1, -0.05) is 12.1 Å². The van der Waals surface area contributed by atoms with Gasteiger partial charge in [-0.05, 0) is 42.7 Å². The van der Waals surface area contributed by atoms with Gasteiger partial charge in [-0.15, -0.1) is 11.8 Å². The Morgan fingerprint density at radius 3 is 2.60 bits per heavy atom. The molecule has 0 bridgehead atoms. The SMILES string of the molecule is CSc1ccc(CC2CC2C(=O)O)cc1. The number of hydrogen-bond donors (Lipinski definition) is 1. The Bertz CT molecular complexity index is 358. The minimum Gasteiger partial charge on any atom is -0.481 e. The molecular formula is C12H14O2S. The highest BCUT2D eigenvalue weighted by atomic mass is 32.2. The summed E-state index contributed by atoms with van der Waals surface area (Å²) in [4.78, 5) is 11.9. The summed E-state index contributed by atoms with van der Waals surface area (Å²) < 4.78 is 0. The third-order valence-electron chi connectivity index (χ3n) is 2.90. The smallest absolute Gasteiger partial charge is 0.306 e. The first-order valence-electron chi connectivity index (χ1n) is 5.06. The Morgan fingerprint density at radius 2 is 2.13 bits per heavy atom. The maximum Gasteiger partial charge on any atom is 0.306 e. The zero-order valence-electron chi connectivity index (χ0n) is 8.64. The Morgan fingerprint density at radius 1 is 1.47 bits per heavy atom. The van der Waals surface area contributed by atoms with Gasteiger partial charge < -0.3 is 5.11 Å². The molecule has 3 heteroatoms. The van der Waals surface area contributed by atoms with Crippen molar-refractivity contribution >= 4 is 17.7 Å². The van der Waals surface area contributed by atoms with Gasteiger partial charge in [0.05, 0.1) is 5.92 Å². The summed E-state index contributed by atoms with van der Waals surface area (Å²) in [6.45, 7) is 0. The zero-order chi connectivity index (χ0) is 10.8. The number of rotatable bonds is 4. The molecule has 1 fully saturated rings. The average molecular weight is 222 g/mol. The van der Waals surface area contributed by atoms with E-state index in [-0.39, 0.29) is 5.92 Å². The largest absolute Gasteiger partial charge is 0.481 e. The standard InChI is InChI=1S/C12H14O2S/c1-15-10-4-2-8(3-5-10)6-9-7-11(9)12(13)14/h2-5,9,11H,6-7H2,1H3,(H,13,14). The van der Waals surface area contributed by atoms with Crippen LogP contribution in [-0.4, -0.2) is 17.3 Å². The third-order valence-corrected chi connectivity index (χ3v) is 3.64. The Kier molecular flexibility index (Phi) is 3.00. The number of hydrogen-bond acceptors (Lipinski definition) is 2. The van der Waals surface area contributed by atoms with Crippen LogP contribution in [-0.2, 0) is 11.2 Å². The molecule has 0 radical (unpaired) electrons. The van der Waals surface area contributed by atoms with E-state index in [0.29, 0.717) is 5.92 Å². The average Bonchev–Trinajstić information content (AvgIpc) is 2.98. The molecular weight excluding hydrogens is 208 g/mol. The first kappa shape index (κ1) is 10.6. The minimum absolute atomic E-state index is 0.0924. The van der Waals surface area contributed by atoms with Crippen molar-refractivity contribution < 1.29 is 9.90 Å². The lowest BCUT2D eigenvalue weighted by Gasteiger charge is -2.01. The molecule has 2 unspecified atom stereocenters. The van der Waals surface area contributed by atoms with Crippen molar-refractivity contribution in [3.63, 3.8) is 0 Å². The van der Waals surface area contributed by atoms with Gasteiger partial charge in [0, 0.05) is 4.90 Å². The highest BCUT2D eigenvalue weighted by molar-refractivity contribution is 7.98. The molecule has 2 nitrogen and oxygen atoms in total. The summed E-state index contributed by atoms with van der Waals surface area (Å²) in [7, 11) is 0. The highest BCUT2D eigenvalue weighted by Crippen LogP contribution is 2.41. The first-order chi connectivity index (χ1) is 7.20. The van der Waals surface area contributed by atoms with Crippen LogP contribution in [0.25, 0.3) is 0 Å². The summed E-state index contributed by atoms with van der Waals surface area (Å²) in [5, 5.41) is 8.78. The van der Waals surface area contributed by atoms with Gasteiger partial charge in [0.25, 0.3) is 0 Å². The van der Waals surface area contributed by atoms with Crippen LogP contribution in [0.4, 0.5) is 0 Å². The van der Waals surface area contributed by atoms with Crippen LogP contribution in [0.1, 0.15) is 12.0 Å². The first-order valence-corrected chi connectivity index (χ1v) is 6.29. The van der Waals surface area contributed by atoms with Gasteiger partial charge in [-0.25, -0.2) is 0 Å². The summed E-state index contributed by atoms with van der Waals surface area (Å²) in [6, 6.07) is 8.39. The van der Waals surface area contributed by atoms with Crippen molar-refractivity contribution in [2.45, 2.75) is 17.7 Å². The van der Waals surface area contributed by atoms with Gasteiger partial charge in [0.2, 0.25) is 0 Å². The van der Waals surface area contributed by atoms with Gasteiger partial charge in [0.15, 0.2) is 0 Å². The molecule has 0 heterocycles. The van der Waals surface area contributed by atoms with Crippen LogP contribution in [0.15, 0.2) is 29.2 Å². The molecule has 80 valence electrons. The normalized spacial score (nSPS) is 23.8. The molecule has 2 rings (SSSR count). The summed E-state index contributed by atoms with van der Waals surface area (Å²) in [6.07, 6.45) is 3.81. The number of carboxylic acid groups (broad SMARTS) is 1. The van der Waals surface area contributed by atoms with Crippen molar-refractivity contribution in [1.29, 1.82) is 0 Å². The van der Waals surface area contributed by atoms with Gasteiger partial charge in [-0.3, -0.25) is 4.79 Å². The van der Waals surface area contributed by atoms with E-state index < -0.39 is 5.97 Å². The summed E-state index contributed by atoms with van der Waals surface area (Å²) in [5.74, 6) is -0.367. The lowest BCUT2D eigenvalue weighted by molar-refractivity contribution is -0.138. The molecule has 0 amide bonds. The van der Waals surface area contributed by atoms with E-state index >= 15 is 0 Å². The number of carboxylic acids is 1. The number of carbonyl (C=O) groups is 1. The van der Waals surface area contributed by atoms with Crippen molar-refractivity contribution in [3.8, 4) is 0 Å². The van der Waals surface area contributed by atoms with Crippen LogP contribution in [0.2, 0.25) is 0 Å². The van der Waals surface area contributed by atoms with Crippen LogP contribution >= 0.6 is 11.8 Å². The lowest BCUT2D eigenvalue weighted by Crippen LogP contribution is -2.01. The van der Waals surface area contributed by atoms with E-state index in [9.17, 15) is 4.79 Å². The molecule has 15 heavy (non-hydrogen) atoms. The third kappa shape index (κ3) is 2.53. The van der Waals surface area contributed by atoms with Crippen LogP contribution < -0.4 is 0 Å². The van der Waals surface area contributed by atoms with Crippen molar-refractivity contribution in [3.05, 3.63) is 29.8 Å². The van der Waals surface area contributed by atoms with E-state index in [4.69, 9.17) is 5.11 Å². The van der Waals surface area contributed by atoms with E-state index in [2.05, 4.69) is 30.5 Å². The maximum absolute atomic E-state index is 10.7. The topological polar surface area (TPSA) is 37.3 Å². The van der Waals surface area contributed by atoms with E-state index in [1.54, 1.807) is 11.8 Å². The fraction of sp³-hybridized carbons (Fsp3) is 0.417. The molecule has 1 aromatic carbocycles. The predicted octanol–water partition coefficient (Wildman–Crippen LogP) is 2.67. The fourth-order valence-electron chi connectivity index (χ4n) is 1.84. The highest BCUT2D eigenvalue weighted by Gasteiger charge is 2.42. The second kappa shape index (κ2) is 4.27. The molecule has 1 saturated carbocycles.